The lowest BCUT2D eigenvalue weighted by Crippen LogP contribution is -2.51. The lowest BCUT2D eigenvalue weighted by atomic mass is 9.65. The van der Waals surface area contributed by atoms with Crippen LogP contribution in [0.15, 0.2) is 0 Å². The number of esters is 1. The van der Waals surface area contributed by atoms with Crippen molar-refractivity contribution < 1.29 is 23.9 Å². The average molecular weight is 368 g/mol. The second-order valence-corrected chi connectivity index (χ2v) is 7.94. The van der Waals surface area contributed by atoms with Crippen LogP contribution in [0.4, 0.5) is 4.79 Å². The highest BCUT2D eigenvalue weighted by Crippen LogP contribution is 2.45. The van der Waals surface area contributed by atoms with Gasteiger partial charge in [-0.3, -0.25) is 14.5 Å². The molecular formula is C19H32N2O5. The van der Waals surface area contributed by atoms with E-state index in [0.29, 0.717) is 32.0 Å². The number of nitrogens with one attached hydrogen (secondary N) is 1. The zero-order valence-electron chi connectivity index (χ0n) is 16.4. The van der Waals surface area contributed by atoms with Crippen molar-refractivity contribution in [3.8, 4) is 0 Å². The van der Waals surface area contributed by atoms with Gasteiger partial charge in [0.2, 0.25) is 0 Å². The van der Waals surface area contributed by atoms with Crippen LogP contribution in [0, 0.1) is 11.3 Å². The summed E-state index contributed by atoms with van der Waals surface area (Å²) in [6.45, 7) is 9.18. The van der Waals surface area contributed by atoms with E-state index in [9.17, 15) is 14.4 Å². The Bertz CT molecular complexity index is 538. The van der Waals surface area contributed by atoms with Gasteiger partial charge >= 0.3 is 12.0 Å². The molecule has 7 nitrogen and oxygen atoms in total. The van der Waals surface area contributed by atoms with Gasteiger partial charge in [-0.2, -0.15) is 0 Å². The molecule has 1 saturated heterocycles. The number of amides is 3. The number of hydrogen-bond donors (Lipinski definition) is 1. The molecule has 0 bridgehead atoms. The fourth-order valence-corrected chi connectivity index (χ4v) is 3.87. The van der Waals surface area contributed by atoms with Crippen LogP contribution < -0.4 is 5.32 Å². The quantitative estimate of drug-likeness (QED) is 0.404. The van der Waals surface area contributed by atoms with Gasteiger partial charge in [-0.1, -0.05) is 27.2 Å². The summed E-state index contributed by atoms with van der Waals surface area (Å²) in [7, 11) is 0. The summed E-state index contributed by atoms with van der Waals surface area (Å²) in [4.78, 5) is 38.0. The van der Waals surface area contributed by atoms with Gasteiger partial charge in [0, 0.05) is 6.61 Å². The van der Waals surface area contributed by atoms with E-state index in [1.54, 1.807) is 0 Å². The number of hydrogen-bond acceptors (Lipinski definition) is 5. The van der Waals surface area contributed by atoms with Gasteiger partial charge in [0.1, 0.15) is 18.7 Å². The van der Waals surface area contributed by atoms with Crippen molar-refractivity contribution in [3.63, 3.8) is 0 Å². The molecule has 1 saturated carbocycles. The summed E-state index contributed by atoms with van der Waals surface area (Å²) in [6.07, 6.45) is 4.15. The SMILES string of the molecule is CCOCCOC(=O)CN1C(=O)NC2(CCC(C(C)(C)CC)CC2)C1=O. The number of rotatable bonds is 8. The molecule has 1 aliphatic heterocycles. The van der Waals surface area contributed by atoms with Gasteiger partial charge < -0.3 is 14.8 Å². The molecule has 2 rings (SSSR count). The second-order valence-electron chi connectivity index (χ2n) is 7.94. The molecular weight excluding hydrogens is 336 g/mol. The van der Waals surface area contributed by atoms with Crippen molar-refractivity contribution in [2.75, 3.05) is 26.4 Å². The molecule has 0 aromatic carbocycles. The first-order chi connectivity index (χ1) is 12.3. The van der Waals surface area contributed by atoms with Crippen LogP contribution in [0.1, 0.15) is 59.8 Å². The molecule has 1 aliphatic carbocycles. The molecule has 7 heteroatoms. The summed E-state index contributed by atoms with van der Waals surface area (Å²) in [6, 6.07) is -0.495. The first-order valence-corrected chi connectivity index (χ1v) is 9.63. The maximum Gasteiger partial charge on any atom is 0.326 e. The van der Waals surface area contributed by atoms with Crippen LogP contribution in [0.2, 0.25) is 0 Å². The standard InChI is InChI=1S/C19H32N2O5/c1-5-18(3,4)14-7-9-19(10-8-14)16(23)21(17(24)20-19)13-15(22)26-12-11-25-6-2/h14H,5-13H2,1-4H3,(H,20,24). The molecule has 0 aromatic rings. The molecule has 0 aromatic heterocycles. The zero-order valence-corrected chi connectivity index (χ0v) is 16.4. The minimum atomic E-state index is -0.844. The van der Waals surface area contributed by atoms with Crippen LogP contribution in [-0.4, -0.2) is 54.7 Å². The topological polar surface area (TPSA) is 84.9 Å². The molecule has 2 fully saturated rings. The van der Waals surface area contributed by atoms with Crippen LogP contribution >= 0.6 is 0 Å². The van der Waals surface area contributed by atoms with Crippen LogP contribution in [0.3, 0.4) is 0 Å². The van der Waals surface area contributed by atoms with Gasteiger partial charge in [-0.15, -0.1) is 0 Å². The number of imide groups is 1. The van der Waals surface area contributed by atoms with Crippen molar-refractivity contribution in [3.05, 3.63) is 0 Å². The highest BCUT2D eigenvalue weighted by atomic mass is 16.6. The van der Waals surface area contributed by atoms with E-state index in [0.717, 1.165) is 24.2 Å². The number of nitrogens with zero attached hydrogens (tertiary/aromatic N) is 1. The Labute approximate surface area is 155 Å². The Morgan fingerprint density at radius 3 is 2.46 bits per heavy atom. The Hall–Kier alpha value is -1.63. The van der Waals surface area contributed by atoms with Gasteiger partial charge in [0.15, 0.2) is 0 Å². The van der Waals surface area contributed by atoms with Gasteiger partial charge in [0.25, 0.3) is 5.91 Å². The predicted octanol–water partition coefficient (Wildman–Crippen LogP) is 2.48. The fraction of sp³-hybridized carbons (Fsp3) is 0.842. The van der Waals surface area contributed by atoms with Crippen LogP contribution in [0.25, 0.3) is 0 Å². The van der Waals surface area contributed by atoms with Crippen molar-refractivity contribution in [1.29, 1.82) is 0 Å². The van der Waals surface area contributed by atoms with Crippen LogP contribution in [-0.2, 0) is 19.1 Å². The lowest BCUT2D eigenvalue weighted by molar-refractivity contribution is -0.149. The number of urea groups is 1. The Morgan fingerprint density at radius 1 is 1.23 bits per heavy atom. The van der Waals surface area contributed by atoms with Gasteiger partial charge in [0.05, 0.1) is 6.61 Å². The Morgan fingerprint density at radius 2 is 1.88 bits per heavy atom. The molecule has 1 N–H and O–H groups in total. The third kappa shape index (κ3) is 4.37. The Balaban J connectivity index is 1.91. The number of carbonyl (C=O) groups excluding carboxylic acids is 3. The van der Waals surface area contributed by atoms with Gasteiger partial charge in [-0.05, 0) is 43.9 Å². The first kappa shape index (κ1) is 20.7. The smallest absolute Gasteiger partial charge is 0.326 e. The molecule has 2 aliphatic rings. The monoisotopic (exact) mass is 368 g/mol. The molecule has 26 heavy (non-hydrogen) atoms. The molecule has 3 amide bonds. The normalized spacial score (nSPS) is 26.3. The van der Waals surface area contributed by atoms with E-state index < -0.39 is 17.5 Å². The minimum Gasteiger partial charge on any atom is -0.462 e. The van der Waals surface area contributed by atoms with E-state index in [-0.39, 0.29) is 24.5 Å². The number of carbonyl (C=O) groups is 3. The second kappa shape index (κ2) is 8.37. The first-order valence-electron chi connectivity index (χ1n) is 9.63. The molecule has 0 atom stereocenters. The maximum absolute atomic E-state index is 12.8. The van der Waals surface area contributed by atoms with E-state index in [4.69, 9.17) is 9.47 Å². The summed E-state index contributed by atoms with van der Waals surface area (Å²) in [5.41, 5.74) is -0.611. The van der Waals surface area contributed by atoms with Crippen molar-refractivity contribution in [2.24, 2.45) is 11.3 Å². The third-order valence-corrected chi connectivity index (χ3v) is 6.08. The summed E-state index contributed by atoms with van der Waals surface area (Å²) in [5.74, 6) is -0.344. The molecule has 1 spiro atoms. The van der Waals surface area contributed by atoms with E-state index >= 15 is 0 Å². The molecule has 1 heterocycles. The maximum atomic E-state index is 12.8. The van der Waals surface area contributed by atoms with Crippen molar-refractivity contribution in [1.82, 2.24) is 10.2 Å². The van der Waals surface area contributed by atoms with Gasteiger partial charge in [-0.25, -0.2) is 4.79 Å². The average Bonchev–Trinajstić information content (AvgIpc) is 2.83. The minimum absolute atomic E-state index is 0.120. The summed E-state index contributed by atoms with van der Waals surface area (Å²) < 4.78 is 10.1. The third-order valence-electron chi connectivity index (χ3n) is 6.08. The van der Waals surface area contributed by atoms with Crippen LogP contribution in [0.5, 0.6) is 0 Å². The Kier molecular flexibility index (Phi) is 6.66. The molecule has 0 unspecified atom stereocenters. The summed E-state index contributed by atoms with van der Waals surface area (Å²) in [5, 5.41) is 2.85. The van der Waals surface area contributed by atoms with Crippen molar-refractivity contribution in [2.45, 2.75) is 65.3 Å². The molecule has 0 radical (unpaired) electrons. The van der Waals surface area contributed by atoms with Crippen molar-refractivity contribution >= 4 is 17.9 Å². The summed E-state index contributed by atoms with van der Waals surface area (Å²) >= 11 is 0. The molecule has 148 valence electrons. The lowest BCUT2D eigenvalue weighted by Gasteiger charge is -2.42. The highest BCUT2D eigenvalue weighted by molar-refractivity contribution is 6.08. The predicted molar refractivity (Wildman–Crippen MR) is 96.5 cm³/mol. The highest BCUT2D eigenvalue weighted by Gasteiger charge is 2.53. The zero-order chi connectivity index (χ0) is 19.4. The largest absolute Gasteiger partial charge is 0.462 e. The number of ether oxygens (including phenoxy) is 2. The fourth-order valence-electron chi connectivity index (χ4n) is 3.87. The van der Waals surface area contributed by atoms with E-state index in [1.807, 2.05) is 6.92 Å². The van der Waals surface area contributed by atoms with E-state index in [2.05, 4.69) is 26.1 Å². The van der Waals surface area contributed by atoms with E-state index in [1.165, 1.54) is 0 Å².